The fraction of sp³-hybridized carbons (Fsp3) is 0.375. The highest BCUT2D eigenvalue weighted by Crippen LogP contribution is 2.33. The zero-order valence-electron chi connectivity index (χ0n) is 7.71. The number of hydrogen-bond acceptors (Lipinski definition) is 3. The molecule has 82 valence electrons. The molecule has 1 aromatic rings. The van der Waals surface area contributed by atoms with Gasteiger partial charge in [0.1, 0.15) is 5.56 Å². The first-order valence-electron chi connectivity index (χ1n) is 3.96. The predicted octanol–water partition coefficient (Wildman–Crippen LogP) is 3.13. The maximum Gasteiger partial charge on any atom is 0.285 e. The normalized spacial score (nSPS) is 10.7. The zero-order chi connectivity index (χ0) is 11.6. The SMILES string of the molecule is Cc1ncc(C(F)F)c([N+](=O)[O-])c1CBr. The molecule has 0 fully saturated rings. The van der Waals surface area contributed by atoms with Crippen molar-refractivity contribution >= 4 is 21.6 Å². The molecule has 0 radical (unpaired) electrons. The molecule has 0 N–H and O–H groups in total. The number of alkyl halides is 3. The van der Waals surface area contributed by atoms with E-state index in [1.54, 1.807) is 6.92 Å². The molecule has 0 aliphatic rings. The van der Waals surface area contributed by atoms with Gasteiger partial charge in [-0.05, 0) is 6.92 Å². The second kappa shape index (κ2) is 4.61. The van der Waals surface area contributed by atoms with Crippen molar-refractivity contribution in [2.24, 2.45) is 0 Å². The van der Waals surface area contributed by atoms with Gasteiger partial charge in [0.2, 0.25) is 0 Å². The Morgan fingerprint density at radius 2 is 2.27 bits per heavy atom. The van der Waals surface area contributed by atoms with Gasteiger partial charge >= 0.3 is 0 Å². The van der Waals surface area contributed by atoms with Crippen LogP contribution < -0.4 is 0 Å². The molecule has 0 aromatic carbocycles. The van der Waals surface area contributed by atoms with Gasteiger partial charge < -0.3 is 0 Å². The largest absolute Gasteiger partial charge is 0.285 e. The van der Waals surface area contributed by atoms with Crippen LogP contribution in [-0.4, -0.2) is 9.91 Å². The van der Waals surface area contributed by atoms with Gasteiger partial charge in [-0.3, -0.25) is 15.1 Å². The van der Waals surface area contributed by atoms with Crippen molar-refractivity contribution in [3.8, 4) is 0 Å². The maximum absolute atomic E-state index is 12.5. The first kappa shape index (κ1) is 12.0. The third-order valence-electron chi connectivity index (χ3n) is 1.94. The summed E-state index contributed by atoms with van der Waals surface area (Å²) >= 11 is 3.02. The molecule has 0 saturated heterocycles. The van der Waals surface area contributed by atoms with Crippen molar-refractivity contribution in [1.82, 2.24) is 4.98 Å². The number of pyridine rings is 1. The van der Waals surface area contributed by atoms with Crippen LogP contribution in [0.4, 0.5) is 14.5 Å². The number of aromatic nitrogens is 1. The molecule has 0 atom stereocenters. The fourth-order valence-electron chi connectivity index (χ4n) is 1.19. The Bertz CT molecular complexity index is 398. The van der Waals surface area contributed by atoms with Crippen LogP contribution in [0.15, 0.2) is 6.20 Å². The van der Waals surface area contributed by atoms with Crippen LogP contribution >= 0.6 is 15.9 Å². The molecule has 0 spiro atoms. The molecule has 4 nitrogen and oxygen atoms in total. The average Bonchev–Trinajstić information content (AvgIpc) is 2.16. The van der Waals surface area contributed by atoms with Crippen LogP contribution in [0.5, 0.6) is 0 Å². The second-order valence-electron chi connectivity index (χ2n) is 2.82. The topological polar surface area (TPSA) is 56.0 Å². The summed E-state index contributed by atoms with van der Waals surface area (Å²) in [5.74, 6) is 0. The standard InChI is InChI=1S/C8H7BrF2N2O2/c1-4-5(2-9)7(13(14)15)6(3-12-4)8(10)11/h3,8H,2H2,1H3. The van der Waals surface area contributed by atoms with Crippen molar-refractivity contribution < 1.29 is 13.7 Å². The van der Waals surface area contributed by atoms with Crippen LogP contribution in [-0.2, 0) is 5.33 Å². The van der Waals surface area contributed by atoms with Crippen LogP contribution in [0.2, 0.25) is 0 Å². The smallest absolute Gasteiger partial charge is 0.260 e. The van der Waals surface area contributed by atoms with Crippen LogP contribution in [0, 0.1) is 17.0 Å². The summed E-state index contributed by atoms with van der Waals surface area (Å²) in [6.45, 7) is 1.54. The Morgan fingerprint density at radius 1 is 1.67 bits per heavy atom. The number of nitrogens with zero attached hydrogens (tertiary/aromatic N) is 2. The molecule has 0 aliphatic carbocycles. The molecule has 0 saturated carbocycles. The summed E-state index contributed by atoms with van der Waals surface area (Å²) in [4.78, 5) is 13.6. The van der Waals surface area contributed by atoms with E-state index in [0.29, 0.717) is 5.69 Å². The van der Waals surface area contributed by atoms with Crippen molar-refractivity contribution in [1.29, 1.82) is 0 Å². The number of halogens is 3. The highest BCUT2D eigenvalue weighted by atomic mass is 79.9. The second-order valence-corrected chi connectivity index (χ2v) is 3.38. The highest BCUT2D eigenvalue weighted by molar-refractivity contribution is 9.08. The summed E-state index contributed by atoms with van der Waals surface area (Å²) in [6, 6.07) is 0. The summed E-state index contributed by atoms with van der Waals surface area (Å²) in [5, 5.41) is 10.8. The minimum Gasteiger partial charge on any atom is -0.260 e. The molecule has 15 heavy (non-hydrogen) atoms. The lowest BCUT2D eigenvalue weighted by Gasteiger charge is -2.07. The van der Waals surface area contributed by atoms with Crippen LogP contribution in [0.25, 0.3) is 0 Å². The molecular formula is C8H7BrF2N2O2. The quantitative estimate of drug-likeness (QED) is 0.486. The first-order valence-corrected chi connectivity index (χ1v) is 5.08. The van der Waals surface area contributed by atoms with Gasteiger partial charge in [0.05, 0.1) is 10.5 Å². The molecule has 0 amide bonds. The Balaban J connectivity index is 3.49. The molecule has 0 bridgehead atoms. The van der Waals surface area contributed by atoms with Crippen molar-refractivity contribution in [2.45, 2.75) is 18.7 Å². The summed E-state index contributed by atoms with van der Waals surface area (Å²) in [6.07, 6.45) is -2.04. The third kappa shape index (κ3) is 2.28. The van der Waals surface area contributed by atoms with E-state index in [2.05, 4.69) is 20.9 Å². The maximum atomic E-state index is 12.5. The Morgan fingerprint density at radius 3 is 2.67 bits per heavy atom. The third-order valence-corrected chi connectivity index (χ3v) is 2.51. The van der Waals surface area contributed by atoms with Gasteiger partial charge in [0.15, 0.2) is 0 Å². The van der Waals surface area contributed by atoms with Gasteiger partial charge in [-0.25, -0.2) is 8.78 Å². The lowest BCUT2D eigenvalue weighted by molar-refractivity contribution is -0.387. The Hall–Kier alpha value is -1.11. The predicted molar refractivity (Wildman–Crippen MR) is 53.2 cm³/mol. The van der Waals surface area contributed by atoms with E-state index in [9.17, 15) is 18.9 Å². The zero-order valence-corrected chi connectivity index (χ0v) is 9.29. The Labute approximate surface area is 92.6 Å². The number of hydrogen-bond donors (Lipinski definition) is 0. The minimum atomic E-state index is -2.89. The van der Waals surface area contributed by atoms with E-state index in [0.717, 1.165) is 6.20 Å². The molecule has 1 aromatic heterocycles. The van der Waals surface area contributed by atoms with Gasteiger partial charge in [-0.1, -0.05) is 15.9 Å². The fourth-order valence-corrected chi connectivity index (χ4v) is 1.86. The molecule has 7 heteroatoms. The van der Waals surface area contributed by atoms with E-state index in [-0.39, 0.29) is 10.9 Å². The van der Waals surface area contributed by atoms with Gasteiger partial charge in [0, 0.05) is 17.2 Å². The minimum absolute atomic E-state index is 0.128. The van der Waals surface area contributed by atoms with E-state index in [1.165, 1.54) is 0 Å². The lowest BCUT2D eigenvalue weighted by Crippen LogP contribution is -2.03. The van der Waals surface area contributed by atoms with Crippen molar-refractivity contribution in [3.05, 3.63) is 33.1 Å². The Kier molecular flexibility index (Phi) is 3.67. The van der Waals surface area contributed by atoms with E-state index < -0.39 is 22.6 Å². The molecule has 0 unspecified atom stereocenters. The van der Waals surface area contributed by atoms with Gasteiger partial charge in [0.25, 0.3) is 12.1 Å². The molecule has 0 aliphatic heterocycles. The van der Waals surface area contributed by atoms with Crippen molar-refractivity contribution in [3.63, 3.8) is 0 Å². The molecular weight excluding hydrogens is 274 g/mol. The van der Waals surface area contributed by atoms with Crippen LogP contribution in [0.3, 0.4) is 0 Å². The number of rotatable bonds is 3. The van der Waals surface area contributed by atoms with E-state index in [1.807, 2.05) is 0 Å². The van der Waals surface area contributed by atoms with E-state index >= 15 is 0 Å². The number of nitro groups is 1. The molecule has 1 heterocycles. The van der Waals surface area contributed by atoms with E-state index in [4.69, 9.17) is 0 Å². The van der Waals surface area contributed by atoms with Gasteiger partial charge in [-0.2, -0.15) is 0 Å². The monoisotopic (exact) mass is 280 g/mol. The lowest BCUT2D eigenvalue weighted by atomic mass is 10.1. The highest BCUT2D eigenvalue weighted by Gasteiger charge is 2.27. The number of aryl methyl sites for hydroxylation is 1. The van der Waals surface area contributed by atoms with Crippen molar-refractivity contribution in [2.75, 3.05) is 0 Å². The van der Waals surface area contributed by atoms with Gasteiger partial charge in [-0.15, -0.1) is 0 Å². The molecule has 1 rings (SSSR count). The average molecular weight is 281 g/mol. The first-order chi connectivity index (χ1) is 6.99. The summed E-state index contributed by atoms with van der Waals surface area (Å²) in [7, 11) is 0. The summed E-state index contributed by atoms with van der Waals surface area (Å²) < 4.78 is 25.0. The van der Waals surface area contributed by atoms with Crippen LogP contribution in [0.1, 0.15) is 23.2 Å². The summed E-state index contributed by atoms with van der Waals surface area (Å²) in [5.41, 5.74) is -0.616.